The van der Waals surface area contributed by atoms with E-state index in [9.17, 15) is 9.59 Å². The molecule has 0 saturated carbocycles. The van der Waals surface area contributed by atoms with Gasteiger partial charge < -0.3 is 15.4 Å². The number of rotatable bonds is 6. The Morgan fingerprint density at radius 3 is 2.60 bits per heavy atom. The maximum Gasteiger partial charge on any atom is 0.305 e. The number of carboxylic acid groups (broad SMARTS) is 1. The van der Waals surface area contributed by atoms with Gasteiger partial charge in [-0.15, -0.1) is 0 Å². The average molecular weight is 357 g/mol. The van der Waals surface area contributed by atoms with E-state index in [1.807, 2.05) is 30.3 Å². The monoisotopic (exact) mass is 356 g/mol. The van der Waals surface area contributed by atoms with Gasteiger partial charge in [-0.25, -0.2) is 0 Å². The first-order valence-electron chi connectivity index (χ1n) is 7.86. The summed E-state index contributed by atoms with van der Waals surface area (Å²) in [5.74, 6) is -1.29. The van der Waals surface area contributed by atoms with Crippen molar-refractivity contribution in [2.45, 2.75) is 18.9 Å². The molecular weight excluding hydrogens is 340 g/mol. The van der Waals surface area contributed by atoms with E-state index in [0.717, 1.165) is 16.5 Å². The van der Waals surface area contributed by atoms with Gasteiger partial charge in [-0.2, -0.15) is 0 Å². The van der Waals surface area contributed by atoms with Crippen molar-refractivity contribution in [1.29, 1.82) is 0 Å². The van der Waals surface area contributed by atoms with Crippen LogP contribution in [-0.2, 0) is 11.2 Å². The lowest BCUT2D eigenvalue weighted by Crippen LogP contribution is -2.38. The van der Waals surface area contributed by atoms with E-state index in [2.05, 4.69) is 10.3 Å². The number of carbonyl (C=O) groups is 2. The summed E-state index contributed by atoms with van der Waals surface area (Å²) < 4.78 is 0. The highest BCUT2D eigenvalue weighted by atomic mass is 35.5. The van der Waals surface area contributed by atoms with Crippen LogP contribution in [0.3, 0.4) is 0 Å². The van der Waals surface area contributed by atoms with Crippen LogP contribution in [0.15, 0.2) is 54.6 Å². The van der Waals surface area contributed by atoms with Gasteiger partial charge in [0.15, 0.2) is 0 Å². The fraction of sp³-hybridized carbons (Fsp3) is 0.158. The van der Waals surface area contributed by atoms with E-state index in [4.69, 9.17) is 16.7 Å². The largest absolute Gasteiger partial charge is 0.481 e. The number of aliphatic carboxylic acids is 1. The molecule has 0 saturated heterocycles. The first-order valence-corrected chi connectivity index (χ1v) is 8.24. The predicted octanol–water partition coefficient (Wildman–Crippen LogP) is 3.64. The zero-order chi connectivity index (χ0) is 17.8. The summed E-state index contributed by atoms with van der Waals surface area (Å²) in [5.41, 5.74) is 2.14. The molecule has 0 unspecified atom stereocenters. The van der Waals surface area contributed by atoms with Crippen LogP contribution < -0.4 is 5.32 Å². The predicted molar refractivity (Wildman–Crippen MR) is 97.0 cm³/mol. The van der Waals surface area contributed by atoms with E-state index in [1.165, 1.54) is 0 Å². The zero-order valence-electron chi connectivity index (χ0n) is 13.3. The fourth-order valence-electron chi connectivity index (χ4n) is 2.77. The summed E-state index contributed by atoms with van der Waals surface area (Å²) >= 11 is 5.96. The number of carbonyl (C=O) groups excluding carboxylic acids is 1. The molecule has 25 heavy (non-hydrogen) atoms. The summed E-state index contributed by atoms with van der Waals surface area (Å²) in [7, 11) is 0. The summed E-state index contributed by atoms with van der Waals surface area (Å²) in [6, 6.07) is 16.0. The van der Waals surface area contributed by atoms with E-state index < -0.39 is 12.0 Å². The van der Waals surface area contributed by atoms with E-state index in [-0.39, 0.29) is 12.3 Å². The molecule has 0 bridgehead atoms. The number of aromatic nitrogens is 1. The Morgan fingerprint density at radius 2 is 1.88 bits per heavy atom. The van der Waals surface area contributed by atoms with Gasteiger partial charge in [0.05, 0.1) is 6.42 Å². The minimum Gasteiger partial charge on any atom is -0.481 e. The molecular formula is C19H17ClN2O3. The van der Waals surface area contributed by atoms with Crippen molar-refractivity contribution in [2.75, 3.05) is 0 Å². The van der Waals surface area contributed by atoms with Gasteiger partial charge in [-0.1, -0.05) is 41.9 Å². The molecule has 0 radical (unpaired) electrons. The third-order valence-electron chi connectivity index (χ3n) is 3.91. The van der Waals surface area contributed by atoms with Crippen LogP contribution in [0.5, 0.6) is 0 Å². The van der Waals surface area contributed by atoms with Gasteiger partial charge in [0.1, 0.15) is 5.69 Å². The molecule has 0 fully saturated rings. The first kappa shape index (κ1) is 17.0. The Morgan fingerprint density at radius 1 is 1.12 bits per heavy atom. The van der Waals surface area contributed by atoms with Crippen molar-refractivity contribution in [1.82, 2.24) is 10.3 Å². The van der Waals surface area contributed by atoms with E-state index >= 15 is 0 Å². The summed E-state index contributed by atoms with van der Waals surface area (Å²) in [4.78, 5) is 26.7. The van der Waals surface area contributed by atoms with Crippen LogP contribution in [0.4, 0.5) is 0 Å². The summed E-state index contributed by atoms with van der Waals surface area (Å²) in [6.07, 6.45) is 0.303. The number of nitrogens with one attached hydrogen (secondary N) is 2. The number of halogens is 1. The van der Waals surface area contributed by atoms with Crippen molar-refractivity contribution in [2.24, 2.45) is 0 Å². The molecule has 5 nitrogen and oxygen atoms in total. The Labute approximate surface area is 149 Å². The van der Waals surface area contributed by atoms with Crippen LogP contribution in [0.2, 0.25) is 5.02 Å². The molecule has 2 aromatic carbocycles. The van der Waals surface area contributed by atoms with Crippen molar-refractivity contribution in [3.05, 3.63) is 70.9 Å². The molecule has 0 spiro atoms. The minimum absolute atomic E-state index is 0.146. The highest BCUT2D eigenvalue weighted by molar-refractivity contribution is 6.31. The summed E-state index contributed by atoms with van der Waals surface area (Å²) in [6.45, 7) is 0. The standard InChI is InChI=1S/C19H17ClN2O3/c20-14-6-7-16-13(9-14)10-17(22-16)19(25)21-15(11-18(23)24)8-12-4-2-1-3-5-12/h1-7,9-10,15,22H,8,11H2,(H,21,25)(H,23,24)/t15-/m0/s1. The molecule has 1 atom stereocenters. The molecule has 0 aliphatic heterocycles. The van der Waals surface area contributed by atoms with Crippen LogP contribution in [-0.4, -0.2) is 28.0 Å². The molecule has 0 aliphatic carbocycles. The molecule has 1 aromatic heterocycles. The number of benzene rings is 2. The summed E-state index contributed by atoms with van der Waals surface area (Å²) in [5, 5.41) is 13.3. The first-order chi connectivity index (χ1) is 12.0. The van der Waals surface area contributed by atoms with Gasteiger partial charge in [-0.3, -0.25) is 9.59 Å². The highest BCUT2D eigenvalue weighted by Crippen LogP contribution is 2.20. The normalized spacial score (nSPS) is 12.0. The molecule has 1 amide bonds. The number of hydrogen-bond donors (Lipinski definition) is 3. The van der Waals surface area contributed by atoms with Gasteiger partial charge in [0.25, 0.3) is 5.91 Å². The van der Waals surface area contributed by atoms with E-state index in [1.54, 1.807) is 24.3 Å². The maximum absolute atomic E-state index is 12.5. The van der Waals surface area contributed by atoms with Crippen LogP contribution in [0.1, 0.15) is 22.5 Å². The maximum atomic E-state index is 12.5. The molecule has 6 heteroatoms. The number of fused-ring (bicyclic) bond motifs is 1. The SMILES string of the molecule is O=C(O)C[C@H](Cc1ccccc1)NC(=O)c1cc2cc(Cl)ccc2[nH]1. The van der Waals surface area contributed by atoms with Crippen molar-refractivity contribution >= 4 is 34.4 Å². The zero-order valence-corrected chi connectivity index (χ0v) is 14.1. The number of aromatic amines is 1. The Bertz CT molecular complexity index is 905. The Kier molecular flexibility index (Phi) is 5.05. The number of H-pyrrole nitrogens is 1. The third-order valence-corrected chi connectivity index (χ3v) is 4.14. The van der Waals surface area contributed by atoms with Crippen LogP contribution in [0, 0.1) is 0 Å². The lowest BCUT2D eigenvalue weighted by atomic mass is 10.0. The van der Waals surface area contributed by atoms with Crippen LogP contribution in [0.25, 0.3) is 10.9 Å². The lowest BCUT2D eigenvalue weighted by molar-refractivity contribution is -0.137. The number of hydrogen-bond acceptors (Lipinski definition) is 2. The highest BCUT2D eigenvalue weighted by Gasteiger charge is 2.19. The van der Waals surface area contributed by atoms with Gasteiger partial charge in [0.2, 0.25) is 0 Å². The second-order valence-corrected chi connectivity index (χ2v) is 6.31. The lowest BCUT2D eigenvalue weighted by Gasteiger charge is -2.16. The van der Waals surface area contributed by atoms with Gasteiger partial charge >= 0.3 is 5.97 Å². The molecule has 3 N–H and O–H groups in total. The van der Waals surface area contributed by atoms with Crippen molar-refractivity contribution in [3.63, 3.8) is 0 Å². The minimum atomic E-state index is -0.954. The second kappa shape index (κ2) is 7.40. The van der Waals surface area contributed by atoms with Crippen molar-refractivity contribution < 1.29 is 14.7 Å². The van der Waals surface area contributed by atoms with E-state index in [0.29, 0.717) is 17.1 Å². The third kappa shape index (κ3) is 4.39. The Hall–Kier alpha value is -2.79. The fourth-order valence-corrected chi connectivity index (χ4v) is 2.95. The van der Waals surface area contributed by atoms with Gasteiger partial charge in [-0.05, 0) is 36.2 Å². The van der Waals surface area contributed by atoms with Crippen molar-refractivity contribution in [3.8, 4) is 0 Å². The molecule has 3 rings (SSSR count). The molecule has 128 valence electrons. The molecule has 1 heterocycles. The second-order valence-electron chi connectivity index (χ2n) is 5.87. The smallest absolute Gasteiger partial charge is 0.305 e. The molecule has 0 aliphatic rings. The van der Waals surface area contributed by atoms with Crippen LogP contribution >= 0.6 is 11.6 Å². The number of carboxylic acids is 1. The van der Waals surface area contributed by atoms with Gasteiger partial charge in [0, 0.05) is 22.0 Å². The molecule has 3 aromatic rings. The number of amides is 1. The Balaban J connectivity index is 1.77. The quantitative estimate of drug-likeness (QED) is 0.630. The topological polar surface area (TPSA) is 82.2 Å². The average Bonchev–Trinajstić information content (AvgIpc) is 2.98.